The molecule has 0 fully saturated rings. The second kappa shape index (κ2) is 6.15. The van der Waals surface area contributed by atoms with Crippen molar-refractivity contribution in [2.75, 3.05) is 31.8 Å². The van der Waals surface area contributed by atoms with E-state index in [1.807, 2.05) is 19.0 Å². The maximum absolute atomic E-state index is 5.77. The lowest BCUT2D eigenvalue weighted by Gasteiger charge is -2.23. The molecule has 2 heterocycles. The van der Waals surface area contributed by atoms with Crippen LogP contribution in [0.15, 0.2) is 17.5 Å². The zero-order valence-electron chi connectivity index (χ0n) is 12.2. The first-order valence-corrected chi connectivity index (χ1v) is 7.26. The summed E-state index contributed by atoms with van der Waals surface area (Å²) in [6.07, 6.45) is 0. The maximum Gasteiger partial charge on any atom is 0.229 e. The van der Waals surface area contributed by atoms with Crippen LogP contribution in [0.1, 0.15) is 23.7 Å². The molecule has 0 aliphatic rings. The fraction of sp³-hybridized carbons (Fsp3) is 0.462. The van der Waals surface area contributed by atoms with E-state index in [1.54, 1.807) is 11.3 Å². The number of thiophene rings is 1. The highest BCUT2D eigenvalue weighted by atomic mass is 32.1. The molecule has 0 aromatic carbocycles. The predicted octanol–water partition coefficient (Wildman–Crippen LogP) is 1.77. The molecule has 0 aliphatic carbocycles. The maximum atomic E-state index is 5.77. The first-order valence-electron chi connectivity index (χ1n) is 6.38. The summed E-state index contributed by atoms with van der Waals surface area (Å²) in [5.41, 5.74) is 5.77. The van der Waals surface area contributed by atoms with E-state index in [1.165, 1.54) is 4.88 Å². The summed E-state index contributed by atoms with van der Waals surface area (Å²) in [6.45, 7) is 2.93. The first-order chi connectivity index (χ1) is 9.47. The molecule has 0 saturated carbocycles. The average molecular weight is 292 g/mol. The van der Waals surface area contributed by atoms with Gasteiger partial charge in [0.15, 0.2) is 5.82 Å². The molecule has 20 heavy (non-hydrogen) atoms. The smallest absolute Gasteiger partial charge is 0.229 e. The minimum atomic E-state index is 0.0705. The van der Waals surface area contributed by atoms with E-state index in [9.17, 15) is 0 Å². The van der Waals surface area contributed by atoms with Gasteiger partial charge in [-0.25, -0.2) is 0 Å². The monoisotopic (exact) mass is 292 g/mol. The van der Waals surface area contributed by atoms with Crippen LogP contribution in [0.25, 0.3) is 0 Å². The lowest BCUT2D eigenvalue weighted by atomic mass is 10.2. The molecule has 2 aromatic rings. The largest absolute Gasteiger partial charge is 0.368 e. The summed E-state index contributed by atoms with van der Waals surface area (Å²) in [6, 6.07) is 4.26. The van der Waals surface area contributed by atoms with E-state index >= 15 is 0 Å². The van der Waals surface area contributed by atoms with Crippen LogP contribution in [0.2, 0.25) is 0 Å². The molecule has 7 heteroatoms. The molecule has 0 amide bonds. The van der Waals surface area contributed by atoms with Crippen LogP contribution in [0.5, 0.6) is 0 Å². The van der Waals surface area contributed by atoms with Gasteiger partial charge in [-0.15, -0.1) is 11.3 Å². The third-order valence-electron chi connectivity index (χ3n) is 3.08. The van der Waals surface area contributed by atoms with Gasteiger partial charge in [0.25, 0.3) is 0 Å². The van der Waals surface area contributed by atoms with Gasteiger partial charge in [0, 0.05) is 25.5 Å². The van der Waals surface area contributed by atoms with Crippen molar-refractivity contribution in [2.45, 2.75) is 19.5 Å². The van der Waals surface area contributed by atoms with Gasteiger partial charge in [0.2, 0.25) is 11.9 Å². The molecule has 0 bridgehead atoms. The molecule has 2 aromatic heterocycles. The summed E-state index contributed by atoms with van der Waals surface area (Å²) < 4.78 is 0. The van der Waals surface area contributed by atoms with Crippen molar-refractivity contribution < 1.29 is 0 Å². The van der Waals surface area contributed by atoms with Gasteiger partial charge in [-0.3, -0.25) is 4.90 Å². The quantitative estimate of drug-likeness (QED) is 0.905. The second-order valence-electron chi connectivity index (χ2n) is 4.92. The summed E-state index contributed by atoms with van der Waals surface area (Å²) in [5.74, 6) is 1.54. The van der Waals surface area contributed by atoms with Gasteiger partial charge in [-0.1, -0.05) is 6.07 Å². The van der Waals surface area contributed by atoms with E-state index < -0.39 is 0 Å². The minimum absolute atomic E-state index is 0.0705. The molecular formula is C13H20N6S. The molecular weight excluding hydrogens is 272 g/mol. The van der Waals surface area contributed by atoms with Gasteiger partial charge < -0.3 is 10.6 Å². The lowest BCUT2D eigenvalue weighted by Crippen LogP contribution is -2.25. The highest BCUT2D eigenvalue weighted by Gasteiger charge is 2.17. The van der Waals surface area contributed by atoms with Crippen molar-refractivity contribution in [1.29, 1.82) is 0 Å². The third-order valence-corrected chi connectivity index (χ3v) is 3.94. The zero-order chi connectivity index (χ0) is 14.7. The highest BCUT2D eigenvalue weighted by Crippen LogP contribution is 2.21. The molecule has 108 valence electrons. The van der Waals surface area contributed by atoms with Crippen molar-refractivity contribution in [3.8, 4) is 0 Å². The normalized spacial score (nSPS) is 12.7. The Balaban J connectivity index is 2.17. The fourth-order valence-corrected chi connectivity index (χ4v) is 2.53. The van der Waals surface area contributed by atoms with Crippen LogP contribution in [-0.4, -0.2) is 41.0 Å². The van der Waals surface area contributed by atoms with Gasteiger partial charge in [0.05, 0.1) is 6.04 Å². The number of nitrogen functional groups attached to an aromatic ring is 1. The zero-order valence-corrected chi connectivity index (χ0v) is 13.1. The molecule has 0 radical (unpaired) electrons. The molecule has 0 saturated heterocycles. The van der Waals surface area contributed by atoms with Crippen molar-refractivity contribution in [3.63, 3.8) is 0 Å². The summed E-state index contributed by atoms with van der Waals surface area (Å²) in [5, 5.41) is 2.08. The van der Waals surface area contributed by atoms with E-state index in [-0.39, 0.29) is 12.0 Å². The Morgan fingerprint density at radius 2 is 2.00 bits per heavy atom. The molecule has 2 N–H and O–H groups in total. The number of nitrogens with two attached hydrogens (primary N) is 1. The van der Waals surface area contributed by atoms with Gasteiger partial charge in [-0.05, 0) is 25.4 Å². The van der Waals surface area contributed by atoms with Crippen LogP contribution < -0.4 is 10.6 Å². The summed E-state index contributed by atoms with van der Waals surface area (Å²) >= 11 is 1.75. The van der Waals surface area contributed by atoms with Crippen molar-refractivity contribution in [3.05, 3.63) is 28.2 Å². The average Bonchev–Trinajstić information content (AvgIpc) is 2.89. The number of aromatic nitrogens is 3. The van der Waals surface area contributed by atoms with Crippen molar-refractivity contribution >= 4 is 23.2 Å². The van der Waals surface area contributed by atoms with Crippen molar-refractivity contribution in [1.82, 2.24) is 19.9 Å². The molecule has 2 rings (SSSR count). The Labute approximate surface area is 123 Å². The molecule has 0 unspecified atom stereocenters. The van der Waals surface area contributed by atoms with E-state index in [0.717, 1.165) is 6.54 Å². The van der Waals surface area contributed by atoms with Gasteiger partial charge in [0.1, 0.15) is 0 Å². The van der Waals surface area contributed by atoms with Crippen LogP contribution >= 0.6 is 11.3 Å². The summed E-state index contributed by atoms with van der Waals surface area (Å²) in [4.78, 5) is 18.2. The molecule has 1 atom stereocenters. The van der Waals surface area contributed by atoms with Gasteiger partial charge in [-0.2, -0.15) is 15.0 Å². The van der Waals surface area contributed by atoms with Crippen LogP contribution in [0.4, 0.5) is 11.9 Å². The van der Waals surface area contributed by atoms with Gasteiger partial charge >= 0.3 is 0 Å². The van der Waals surface area contributed by atoms with E-state index in [0.29, 0.717) is 11.8 Å². The Morgan fingerprint density at radius 3 is 2.60 bits per heavy atom. The second-order valence-corrected chi connectivity index (χ2v) is 5.95. The SMILES string of the molecule is C[C@H](c1nc(N)nc(N(C)C)n1)N(C)Cc1cccs1. The Kier molecular flexibility index (Phi) is 4.51. The van der Waals surface area contributed by atoms with Crippen LogP contribution in [0, 0.1) is 0 Å². The fourth-order valence-electron chi connectivity index (χ4n) is 1.77. The van der Waals surface area contributed by atoms with Crippen LogP contribution in [-0.2, 0) is 6.54 Å². The number of hydrogen-bond acceptors (Lipinski definition) is 7. The third kappa shape index (κ3) is 3.43. The van der Waals surface area contributed by atoms with Crippen molar-refractivity contribution in [2.24, 2.45) is 0 Å². The Hall–Kier alpha value is -1.73. The standard InChI is InChI=1S/C13H20N6S/c1-9(19(4)8-10-6-5-7-20-10)11-15-12(14)17-13(16-11)18(2)3/h5-7,9H,8H2,1-4H3,(H2,14,15,16,17)/t9-/m1/s1. The number of anilines is 2. The minimum Gasteiger partial charge on any atom is -0.368 e. The molecule has 0 spiro atoms. The lowest BCUT2D eigenvalue weighted by molar-refractivity contribution is 0.246. The Bertz CT molecular complexity index is 554. The topological polar surface area (TPSA) is 71.2 Å². The number of rotatable bonds is 5. The highest BCUT2D eigenvalue weighted by molar-refractivity contribution is 7.09. The summed E-state index contributed by atoms with van der Waals surface area (Å²) in [7, 11) is 5.83. The number of hydrogen-bond donors (Lipinski definition) is 1. The van der Waals surface area contributed by atoms with E-state index in [2.05, 4.69) is 51.3 Å². The molecule has 0 aliphatic heterocycles. The van der Waals surface area contributed by atoms with Crippen LogP contribution in [0.3, 0.4) is 0 Å². The van der Waals surface area contributed by atoms with E-state index in [4.69, 9.17) is 5.73 Å². The first kappa shape index (κ1) is 14.7. The predicted molar refractivity (Wildman–Crippen MR) is 82.8 cm³/mol. The molecule has 6 nitrogen and oxygen atoms in total. The number of nitrogens with zero attached hydrogens (tertiary/aromatic N) is 5. The Morgan fingerprint density at radius 1 is 1.25 bits per heavy atom.